The zero-order chi connectivity index (χ0) is 34.1. The average Bonchev–Trinajstić information content (AvgIpc) is 3.07. The minimum atomic E-state index is -4.34. The van der Waals surface area contributed by atoms with Crippen LogP contribution in [0.1, 0.15) is 31.4 Å². The fraction of sp³-hybridized carbons (Fsp3) is 0.257. The van der Waals surface area contributed by atoms with E-state index < -0.39 is 28.5 Å². The third kappa shape index (κ3) is 9.20. The van der Waals surface area contributed by atoms with E-state index >= 15 is 0 Å². The van der Waals surface area contributed by atoms with E-state index in [4.69, 9.17) is 39.5 Å². The predicted molar refractivity (Wildman–Crippen MR) is 188 cm³/mol. The van der Waals surface area contributed by atoms with E-state index in [0.717, 1.165) is 9.87 Å². The molecule has 8 nitrogen and oxygen atoms in total. The Kier molecular flexibility index (Phi) is 12.6. The Hall–Kier alpha value is -3.76. The molecule has 47 heavy (non-hydrogen) atoms. The predicted octanol–water partition coefficient (Wildman–Crippen LogP) is 7.41. The Morgan fingerprint density at radius 3 is 2.13 bits per heavy atom. The van der Waals surface area contributed by atoms with Crippen LogP contribution >= 0.6 is 34.8 Å². The Bertz CT molecular complexity index is 1790. The van der Waals surface area contributed by atoms with Gasteiger partial charge in [-0.2, -0.15) is 0 Å². The number of halogens is 3. The zero-order valence-corrected chi connectivity index (χ0v) is 29.3. The lowest BCUT2D eigenvalue weighted by Gasteiger charge is -2.34. The van der Waals surface area contributed by atoms with Crippen LogP contribution in [-0.4, -0.2) is 50.9 Å². The molecule has 0 aliphatic heterocycles. The van der Waals surface area contributed by atoms with Gasteiger partial charge in [0.25, 0.3) is 10.0 Å². The van der Waals surface area contributed by atoms with Crippen LogP contribution in [-0.2, 0) is 32.6 Å². The van der Waals surface area contributed by atoms with E-state index in [9.17, 15) is 18.0 Å². The summed E-state index contributed by atoms with van der Waals surface area (Å²) in [4.78, 5) is 30.0. The van der Waals surface area contributed by atoms with Gasteiger partial charge in [-0.3, -0.25) is 13.9 Å². The third-order valence-electron chi connectivity index (χ3n) is 7.63. The number of anilines is 1. The van der Waals surface area contributed by atoms with Crippen LogP contribution in [0.5, 0.6) is 5.75 Å². The maximum atomic E-state index is 14.6. The lowest BCUT2D eigenvalue weighted by molar-refractivity contribution is -0.140. The first-order chi connectivity index (χ1) is 22.4. The van der Waals surface area contributed by atoms with Crippen molar-refractivity contribution in [1.82, 2.24) is 10.2 Å². The summed E-state index contributed by atoms with van der Waals surface area (Å²) in [6, 6.07) is 25.3. The van der Waals surface area contributed by atoms with Gasteiger partial charge in [-0.05, 0) is 66.9 Å². The highest BCUT2D eigenvalue weighted by Crippen LogP contribution is 2.35. The molecule has 2 atom stereocenters. The van der Waals surface area contributed by atoms with Gasteiger partial charge in [-0.15, -0.1) is 0 Å². The molecule has 0 aromatic heterocycles. The van der Waals surface area contributed by atoms with Gasteiger partial charge in [0.2, 0.25) is 11.8 Å². The molecule has 0 radical (unpaired) electrons. The summed E-state index contributed by atoms with van der Waals surface area (Å²) < 4.78 is 34.9. The highest BCUT2D eigenvalue weighted by molar-refractivity contribution is 7.92. The quantitative estimate of drug-likeness (QED) is 0.147. The lowest BCUT2D eigenvalue weighted by atomic mass is 10.0. The molecule has 0 saturated heterocycles. The average molecular weight is 717 g/mol. The number of nitrogens with one attached hydrogen (secondary N) is 1. The molecule has 0 unspecified atom stereocenters. The second kappa shape index (κ2) is 16.4. The van der Waals surface area contributed by atoms with Crippen molar-refractivity contribution in [2.45, 2.75) is 50.2 Å². The van der Waals surface area contributed by atoms with Crippen molar-refractivity contribution in [2.24, 2.45) is 0 Å². The first-order valence-corrected chi connectivity index (χ1v) is 17.5. The summed E-state index contributed by atoms with van der Waals surface area (Å²) in [7, 11) is -2.94. The van der Waals surface area contributed by atoms with Crippen LogP contribution < -0.4 is 14.4 Å². The second-order valence-corrected chi connectivity index (χ2v) is 14.0. The first-order valence-electron chi connectivity index (χ1n) is 14.9. The van der Waals surface area contributed by atoms with Crippen LogP contribution in [0.15, 0.2) is 102 Å². The molecule has 248 valence electrons. The molecular formula is C35H36Cl3N3O5S. The standard InChI is InChI=1S/C35H36Cl3N3O5S/c1-4-24(2)39-35(43)32(20-25-11-7-5-8-12-25)40(22-26-15-17-29(37)30(38)19-26)34(42)23-41(31-21-27(36)16-18-33(31)46-3)47(44,45)28-13-9-6-10-14-28/h5-19,21,24,32H,4,20,22-23H2,1-3H3,(H,39,43)/t24-,32-/m0/s1. The van der Waals surface area contributed by atoms with Gasteiger partial charge in [0.1, 0.15) is 18.3 Å². The number of carbonyl (C=O) groups is 2. The van der Waals surface area contributed by atoms with Gasteiger partial charge < -0.3 is 15.0 Å². The largest absolute Gasteiger partial charge is 0.495 e. The van der Waals surface area contributed by atoms with Crippen molar-refractivity contribution < 1.29 is 22.7 Å². The Labute approximate surface area is 291 Å². The van der Waals surface area contributed by atoms with E-state index in [0.29, 0.717) is 17.0 Å². The highest BCUT2D eigenvalue weighted by Gasteiger charge is 2.36. The Morgan fingerprint density at radius 2 is 1.51 bits per heavy atom. The number of benzene rings is 4. The Balaban J connectivity index is 1.86. The van der Waals surface area contributed by atoms with Gasteiger partial charge in [-0.1, -0.05) is 96.3 Å². The van der Waals surface area contributed by atoms with Crippen LogP contribution in [0.4, 0.5) is 5.69 Å². The lowest BCUT2D eigenvalue weighted by Crippen LogP contribution is -2.54. The van der Waals surface area contributed by atoms with E-state index in [1.54, 1.807) is 42.5 Å². The van der Waals surface area contributed by atoms with Gasteiger partial charge >= 0.3 is 0 Å². The summed E-state index contributed by atoms with van der Waals surface area (Å²) >= 11 is 18.9. The molecule has 12 heteroatoms. The van der Waals surface area contributed by atoms with E-state index in [-0.39, 0.29) is 51.3 Å². The Morgan fingerprint density at radius 1 is 0.851 bits per heavy atom. The molecular weight excluding hydrogens is 681 g/mol. The minimum absolute atomic E-state index is 0.0405. The monoisotopic (exact) mass is 715 g/mol. The number of sulfonamides is 1. The summed E-state index contributed by atoms with van der Waals surface area (Å²) in [6.45, 7) is 3.09. The number of hydrogen-bond donors (Lipinski definition) is 1. The van der Waals surface area contributed by atoms with Crippen molar-refractivity contribution in [3.63, 3.8) is 0 Å². The maximum absolute atomic E-state index is 14.6. The van der Waals surface area contributed by atoms with E-state index in [2.05, 4.69) is 5.32 Å². The fourth-order valence-corrected chi connectivity index (χ4v) is 6.85. The molecule has 0 fully saturated rings. The SMILES string of the molecule is CC[C@H](C)NC(=O)[C@H](Cc1ccccc1)N(Cc1ccc(Cl)c(Cl)c1)C(=O)CN(c1cc(Cl)ccc1OC)S(=O)(=O)c1ccccc1. The molecule has 0 aliphatic rings. The molecule has 1 N–H and O–H groups in total. The van der Waals surface area contributed by atoms with Crippen molar-refractivity contribution in [3.8, 4) is 5.75 Å². The normalized spacial score (nSPS) is 12.6. The number of amides is 2. The molecule has 0 spiro atoms. The first kappa shape index (κ1) is 36.1. The number of ether oxygens (including phenoxy) is 1. The number of methoxy groups -OCH3 is 1. The second-order valence-electron chi connectivity index (χ2n) is 10.9. The van der Waals surface area contributed by atoms with Gasteiger partial charge in [0.15, 0.2) is 0 Å². The third-order valence-corrected chi connectivity index (χ3v) is 10.4. The van der Waals surface area contributed by atoms with Gasteiger partial charge in [-0.25, -0.2) is 8.42 Å². The van der Waals surface area contributed by atoms with E-state index in [1.165, 1.54) is 36.3 Å². The zero-order valence-electron chi connectivity index (χ0n) is 26.2. The molecule has 4 aromatic carbocycles. The summed E-state index contributed by atoms with van der Waals surface area (Å²) in [6.07, 6.45) is 0.838. The molecule has 0 saturated carbocycles. The van der Waals surface area contributed by atoms with Crippen molar-refractivity contribution in [3.05, 3.63) is 123 Å². The number of hydrogen-bond acceptors (Lipinski definition) is 5. The maximum Gasteiger partial charge on any atom is 0.264 e. The van der Waals surface area contributed by atoms with Crippen molar-refractivity contribution >= 4 is 62.3 Å². The number of nitrogens with zero attached hydrogens (tertiary/aromatic N) is 2. The summed E-state index contributed by atoms with van der Waals surface area (Å²) in [5, 5.41) is 3.85. The minimum Gasteiger partial charge on any atom is -0.495 e. The van der Waals surface area contributed by atoms with Gasteiger partial charge in [0, 0.05) is 24.0 Å². The highest BCUT2D eigenvalue weighted by atomic mass is 35.5. The van der Waals surface area contributed by atoms with Gasteiger partial charge in [0.05, 0.1) is 27.7 Å². The number of rotatable bonds is 14. The summed E-state index contributed by atoms with van der Waals surface area (Å²) in [5.74, 6) is -0.833. The topological polar surface area (TPSA) is 96.0 Å². The van der Waals surface area contributed by atoms with Crippen molar-refractivity contribution in [2.75, 3.05) is 18.0 Å². The molecule has 4 aromatic rings. The molecule has 0 heterocycles. The molecule has 2 amide bonds. The van der Waals surface area contributed by atoms with Crippen LogP contribution in [0, 0.1) is 0 Å². The van der Waals surface area contributed by atoms with Crippen molar-refractivity contribution in [1.29, 1.82) is 0 Å². The number of carbonyl (C=O) groups excluding carboxylic acids is 2. The summed E-state index contributed by atoms with van der Waals surface area (Å²) in [5.41, 5.74) is 1.48. The fourth-order valence-electron chi connectivity index (χ4n) is 4.92. The molecule has 4 rings (SSSR count). The smallest absolute Gasteiger partial charge is 0.264 e. The van der Waals surface area contributed by atoms with Crippen LogP contribution in [0.2, 0.25) is 15.1 Å². The van der Waals surface area contributed by atoms with Crippen LogP contribution in [0.25, 0.3) is 0 Å². The molecule has 0 aliphatic carbocycles. The van der Waals surface area contributed by atoms with Crippen LogP contribution in [0.3, 0.4) is 0 Å². The van der Waals surface area contributed by atoms with E-state index in [1.807, 2.05) is 44.2 Å². The molecule has 0 bridgehead atoms.